The van der Waals surface area contributed by atoms with E-state index < -0.39 is 16.1 Å². The molecular weight excluding hydrogens is 388 g/mol. The molecule has 2 aromatic rings. The van der Waals surface area contributed by atoms with Gasteiger partial charge in [-0.05, 0) is 35.2 Å². The maximum Gasteiger partial charge on any atom is 0.264 e. The van der Waals surface area contributed by atoms with E-state index in [1.807, 2.05) is 12.1 Å². The molecule has 154 valence electrons. The molecule has 1 aliphatic rings. The molecule has 0 saturated carbocycles. The summed E-state index contributed by atoms with van der Waals surface area (Å²) in [5, 5.41) is 2.68. The lowest BCUT2D eigenvalue weighted by Gasteiger charge is -2.36. The molecule has 2 aromatic carbocycles. The second kappa shape index (κ2) is 7.91. The third-order valence-electron chi connectivity index (χ3n) is 4.74. The highest BCUT2D eigenvalue weighted by molar-refractivity contribution is 7.92. The highest BCUT2D eigenvalue weighted by atomic mass is 32.2. The molecule has 6 nitrogen and oxygen atoms in total. The minimum atomic E-state index is -3.87. The molecule has 3 rings (SSSR count). The molecular formula is C22H26N2O4S. The van der Waals surface area contributed by atoms with Crippen molar-refractivity contribution < 1.29 is 17.9 Å². The van der Waals surface area contributed by atoms with Gasteiger partial charge in [-0.3, -0.25) is 9.10 Å². The first kappa shape index (κ1) is 20.9. The number of rotatable bonds is 5. The summed E-state index contributed by atoms with van der Waals surface area (Å²) >= 11 is 0. The fraction of sp³-hybridized carbons (Fsp3) is 0.318. The van der Waals surface area contributed by atoms with Crippen LogP contribution in [0.25, 0.3) is 0 Å². The fourth-order valence-corrected chi connectivity index (χ4v) is 4.58. The van der Waals surface area contributed by atoms with Gasteiger partial charge in [0.15, 0.2) is 6.10 Å². The van der Waals surface area contributed by atoms with Crippen molar-refractivity contribution >= 4 is 21.6 Å². The summed E-state index contributed by atoms with van der Waals surface area (Å²) in [7, 11) is -3.87. The number of hydrogen-bond acceptors (Lipinski definition) is 4. The lowest BCUT2D eigenvalue weighted by molar-refractivity contribution is -0.127. The van der Waals surface area contributed by atoms with Crippen molar-refractivity contribution in [1.82, 2.24) is 5.32 Å². The summed E-state index contributed by atoms with van der Waals surface area (Å²) in [4.78, 5) is 12.7. The number of sulfonamides is 1. The van der Waals surface area contributed by atoms with E-state index >= 15 is 0 Å². The fourth-order valence-electron chi connectivity index (χ4n) is 3.09. The smallest absolute Gasteiger partial charge is 0.264 e. The number of benzene rings is 2. The van der Waals surface area contributed by atoms with E-state index in [2.05, 4.69) is 32.7 Å². The van der Waals surface area contributed by atoms with E-state index in [0.717, 1.165) is 5.56 Å². The summed E-state index contributed by atoms with van der Waals surface area (Å²) < 4.78 is 34.0. The third-order valence-corrected chi connectivity index (χ3v) is 6.53. The third kappa shape index (κ3) is 4.29. The van der Waals surface area contributed by atoms with E-state index in [1.54, 1.807) is 42.5 Å². The van der Waals surface area contributed by atoms with Crippen LogP contribution in [0.4, 0.5) is 5.69 Å². The summed E-state index contributed by atoms with van der Waals surface area (Å²) in [6.07, 6.45) is 0.601. The molecule has 0 fully saturated rings. The standard InChI is InChI=1S/C22H26N2O4S/c1-5-13-23-21(25)20-15-24(29(26,27)17-9-7-6-8-10-17)18-14-16(22(2,3)4)11-12-19(18)28-20/h5-12,14,20H,1,13,15H2,2-4H3,(H,23,25)/t20-/m1/s1. The van der Waals surface area contributed by atoms with Gasteiger partial charge in [-0.15, -0.1) is 6.58 Å². The maximum atomic E-state index is 13.4. The SMILES string of the molecule is C=CCNC(=O)[C@H]1CN(S(=O)(=O)c2ccccc2)c2cc(C(C)(C)C)ccc2O1. The second-order valence-electron chi connectivity index (χ2n) is 7.92. The van der Waals surface area contributed by atoms with Gasteiger partial charge in [0.1, 0.15) is 5.75 Å². The van der Waals surface area contributed by atoms with Crippen LogP contribution in [0.15, 0.2) is 66.1 Å². The quantitative estimate of drug-likeness (QED) is 0.762. The number of ether oxygens (including phenoxy) is 1. The van der Waals surface area contributed by atoms with Gasteiger partial charge in [-0.1, -0.05) is 51.1 Å². The van der Waals surface area contributed by atoms with Crippen LogP contribution >= 0.6 is 0 Å². The summed E-state index contributed by atoms with van der Waals surface area (Å²) in [6.45, 7) is 9.91. The lowest BCUT2D eigenvalue weighted by atomic mass is 9.86. The second-order valence-corrected chi connectivity index (χ2v) is 9.78. The van der Waals surface area contributed by atoms with Gasteiger partial charge < -0.3 is 10.1 Å². The lowest BCUT2D eigenvalue weighted by Crippen LogP contribution is -2.50. The summed E-state index contributed by atoms with van der Waals surface area (Å²) in [6, 6.07) is 13.7. The Morgan fingerprint density at radius 2 is 1.93 bits per heavy atom. The number of amides is 1. The van der Waals surface area contributed by atoms with Crippen LogP contribution in [-0.2, 0) is 20.2 Å². The van der Waals surface area contributed by atoms with Gasteiger partial charge in [0.2, 0.25) is 0 Å². The maximum absolute atomic E-state index is 13.4. The Hall–Kier alpha value is -2.80. The van der Waals surface area contributed by atoms with Crippen molar-refractivity contribution in [2.24, 2.45) is 0 Å². The van der Waals surface area contributed by atoms with Crippen molar-refractivity contribution in [3.63, 3.8) is 0 Å². The van der Waals surface area contributed by atoms with Crippen LogP contribution in [0.3, 0.4) is 0 Å². The van der Waals surface area contributed by atoms with Crippen molar-refractivity contribution in [2.75, 3.05) is 17.4 Å². The molecule has 0 aromatic heterocycles. The first-order valence-electron chi connectivity index (χ1n) is 9.42. The monoisotopic (exact) mass is 414 g/mol. The van der Waals surface area contributed by atoms with Crippen molar-refractivity contribution in [1.29, 1.82) is 0 Å². The first-order chi connectivity index (χ1) is 13.6. The van der Waals surface area contributed by atoms with E-state index in [-0.39, 0.29) is 29.3 Å². The van der Waals surface area contributed by atoms with Gasteiger partial charge in [-0.25, -0.2) is 8.42 Å². The van der Waals surface area contributed by atoms with Crippen LogP contribution < -0.4 is 14.4 Å². The van der Waals surface area contributed by atoms with Crippen molar-refractivity contribution in [2.45, 2.75) is 37.2 Å². The van der Waals surface area contributed by atoms with Crippen LogP contribution in [0, 0.1) is 0 Å². The minimum Gasteiger partial charge on any atom is -0.476 e. The first-order valence-corrected chi connectivity index (χ1v) is 10.9. The minimum absolute atomic E-state index is 0.110. The molecule has 0 saturated heterocycles. The molecule has 1 heterocycles. The Bertz CT molecular complexity index is 1010. The normalized spacial score (nSPS) is 16.5. The molecule has 0 radical (unpaired) electrons. The Morgan fingerprint density at radius 1 is 1.24 bits per heavy atom. The molecule has 29 heavy (non-hydrogen) atoms. The molecule has 1 amide bonds. The number of carbonyl (C=O) groups is 1. The predicted octanol–water partition coefficient (Wildman–Crippen LogP) is 3.24. The molecule has 1 N–H and O–H groups in total. The summed E-state index contributed by atoms with van der Waals surface area (Å²) in [5.74, 6) is -0.0220. The Balaban J connectivity index is 2.09. The van der Waals surface area contributed by atoms with Crippen molar-refractivity contribution in [3.05, 3.63) is 66.7 Å². The number of hydrogen-bond donors (Lipinski definition) is 1. The van der Waals surface area contributed by atoms with E-state index in [9.17, 15) is 13.2 Å². The molecule has 0 unspecified atom stereocenters. The van der Waals surface area contributed by atoms with Crippen LogP contribution in [0.5, 0.6) is 5.75 Å². The Morgan fingerprint density at radius 3 is 2.55 bits per heavy atom. The zero-order chi connectivity index (χ0) is 21.2. The number of nitrogens with one attached hydrogen (secondary N) is 1. The zero-order valence-corrected chi connectivity index (χ0v) is 17.7. The van der Waals surface area contributed by atoms with E-state index in [0.29, 0.717) is 11.4 Å². The zero-order valence-electron chi connectivity index (χ0n) is 16.9. The largest absolute Gasteiger partial charge is 0.476 e. The van der Waals surface area contributed by atoms with Crippen LogP contribution in [0.2, 0.25) is 0 Å². The highest BCUT2D eigenvalue weighted by Gasteiger charge is 2.38. The topological polar surface area (TPSA) is 75.7 Å². The van der Waals surface area contributed by atoms with Gasteiger partial charge in [-0.2, -0.15) is 0 Å². The number of anilines is 1. The molecule has 0 spiro atoms. The number of nitrogens with zero attached hydrogens (tertiary/aromatic N) is 1. The Kier molecular flexibility index (Phi) is 5.71. The van der Waals surface area contributed by atoms with Crippen LogP contribution in [-0.4, -0.2) is 33.5 Å². The summed E-state index contributed by atoms with van der Waals surface area (Å²) in [5.41, 5.74) is 1.24. The molecule has 7 heteroatoms. The number of carbonyl (C=O) groups excluding carboxylic acids is 1. The van der Waals surface area contributed by atoms with E-state index in [1.165, 1.54) is 4.31 Å². The van der Waals surface area contributed by atoms with Gasteiger partial charge >= 0.3 is 0 Å². The predicted molar refractivity (Wildman–Crippen MR) is 114 cm³/mol. The average Bonchev–Trinajstić information content (AvgIpc) is 2.70. The van der Waals surface area contributed by atoms with Gasteiger partial charge in [0.05, 0.1) is 17.1 Å². The molecule has 0 aliphatic carbocycles. The van der Waals surface area contributed by atoms with Gasteiger partial charge in [0, 0.05) is 6.54 Å². The molecule has 1 aliphatic heterocycles. The molecule has 1 atom stereocenters. The van der Waals surface area contributed by atoms with E-state index in [4.69, 9.17) is 4.74 Å². The molecule has 0 bridgehead atoms. The highest BCUT2D eigenvalue weighted by Crippen LogP contribution is 2.40. The number of fused-ring (bicyclic) bond motifs is 1. The van der Waals surface area contributed by atoms with Crippen molar-refractivity contribution in [3.8, 4) is 5.75 Å². The van der Waals surface area contributed by atoms with Gasteiger partial charge in [0.25, 0.3) is 15.9 Å². The average molecular weight is 415 g/mol. The Labute approximate surface area is 172 Å². The van der Waals surface area contributed by atoms with Crippen LogP contribution in [0.1, 0.15) is 26.3 Å².